The first kappa shape index (κ1) is 13.6. The van der Waals surface area contributed by atoms with E-state index in [9.17, 15) is 5.11 Å². The third-order valence-electron chi connectivity index (χ3n) is 2.93. The quantitative estimate of drug-likeness (QED) is 0.751. The monoisotopic (exact) mass is 240 g/mol. The summed E-state index contributed by atoms with van der Waals surface area (Å²) in [7, 11) is 0. The second-order valence-corrected chi connectivity index (χ2v) is 5.07. The Kier molecular flexibility index (Phi) is 5.32. The molecule has 0 radical (unpaired) electrons. The van der Waals surface area contributed by atoms with E-state index in [1.54, 1.807) is 11.8 Å². The molecule has 16 heavy (non-hydrogen) atoms. The lowest BCUT2D eigenvalue weighted by Crippen LogP contribution is -2.29. The molecule has 0 saturated carbocycles. The van der Waals surface area contributed by atoms with Crippen LogP contribution in [0.15, 0.2) is 29.2 Å². The van der Waals surface area contributed by atoms with Gasteiger partial charge in [-0.25, -0.2) is 0 Å². The van der Waals surface area contributed by atoms with Crippen molar-refractivity contribution in [2.24, 2.45) is 0 Å². The van der Waals surface area contributed by atoms with Crippen LogP contribution in [0, 0.1) is 0 Å². The summed E-state index contributed by atoms with van der Waals surface area (Å²) in [5, 5.41) is 19.0. The molecule has 0 bridgehead atoms. The molecule has 0 fully saturated rings. The van der Waals surface area contributed by atoms with Gasteiger partial charge >= 0.3 is 0 Å². The van der Waals surface area contributed by atoms with E-state index in [0.717, 1.165) is 29.1 Å². The number of aliphatic hydroxyl groups excluding tert-OH is 1. The highest BCUT2D eigenvalue weighted by Gasteiger charge is 2.21. The lowest BCUT2D eigenvalue weighted by Gasteiger charge is -2.24. The Morgan fingerprint density at radius 3 is 2.12 bits per heavy atom. The Labute approximate surface area is 102 Å². The maximum absolute atomic E-state index is 10.1. The average molecular weight is 240 g/mol. The minimum Gasteiger partial charge on any atom is -0.392 e. The van der Waals surface area contributed by atoms with Gasteiger partial charge in [-0.3, -0.25) is 0 Å². The van der Waals surface area contributed by atoms with Gasteiger partial charge in [-0.1, -0.05) is 26.0 Å². The van der Waals surface area contributed by atoms with Crippen molar-refractivity contribution in [2.45, 2.75) is 43.8 Å². The summed E-state index contributed by atoms with van der Waals surface area (Å²) in [5.74, 6) is 0.721. The summed E-state index contributed by atoms with van der Waals surface area (Å²) in [5.41, 5.74) is 0.367. The Morgan fingerprint density at radius 1 is 1.12 bits per heavy atom. The van der Waals surface area contributed by atoms with E-state index >= 15 is 0 Å². The molecule has 0 aliphatic heterocycles. The van der Waals surface area contributed by atoms with E-state index in [4.69, 9.17) is 5.11 Å². The van der Waals surface area contributed by atoms with Crippen LogP contribution in [0.4, 0.5) is 0 Å². The highest BCUT2D eigenvalue weighted by Crippen LogP contribution is 2.26. The van der Waals surface area contributed by atoms with E-state index in [2.05, 4.69) is 0 Å². The molecule has 2 nitrogen and oxygen atoms in total. The van der Waals surface area contributed by atoms with Crippen molar-refractivity contribution in [2.75, 3.05) is 5.75 Å². The van der Waals surface area contributed by atoms with Crippen molar-refractivity contribution in [1.29, 1.82) is 0 Å². The molecular formula is C13H20O2S. The third kappa shape index (κ3) is 3.81. The van der Waals surface area contributed by atoms with Gasteiger partial charge in [-0.05, 0) is 30.5 Å². The Hall–Kier alpha value is -0.510. The van der Waals surface area contributed by atoms with Crippen LogP contribution in [0.5, 0.6) is 0 Å². The molecule has 0 spiro atoms. The summed E-state index contributed by atoms with van der Waals surface area (Å²) in [6, 6.07) is 7.81. The lowest BCUT2D eigenvalue weighted by atomic mass is 10.0. The maximum Gasteiger partial charge on any atom is 0.0736 e. The summed E-state index contributed by atoms with van der Waals surface area (Å²) >= 11 is 1.66. The number of hydrogen-bond acceptors (Lipinski definition) is 3. The van der Waals surface area contributed by atoms with E-state index in [1.165, 1.54) is 0 Å². The molecule has 0 atom stereocenters. The molecular weight excluding hydrogens is 220 g/mol. The zero-order valence-electron chi connectivity index (χ0n) is 9.94. The van der Waals surface area contributed by atoms with Crippen molar-refractivity contribution in [3.05, 3.63) is 29.8 Å². The molecule has 1 aromatic carbocycles. The first-order chi connectivity index (χ1) is 7.63. The van der Waals surface area contributed by atoms with E-state index in [0.29, 0.717) is 0 Å². The second-order valence-electron chi connectivity index (χ2n) is 4.02. The average Bonchev–Trinajstić information content (AvgIpc) is 2.36. The highest BCUT2D eigenvalue weighted by atomic mass is 32.2. The van der Waals surface area contributed by atoms with Crippen molar-refractivity contribution in [3.8, 4) is 0 Å². The number of thioether (sulfide) groups is 1. The standard InChI is InChI=1S/C13H20O2S/c1-3-13(15,4-2)10-16-12-7-5-11(9-14)6-8-12/h5-8,14-15H,3-4,9-10H2,1-2H3. The molecule has 1 rings (SSSR count). The molecule has 2 N–H and O–H groups in total. The van der Waals surface area contributed by atoms with Crippen molar-refractivity contribution < 1.29 is 10.2 Å². The normalized spacial score (nSPS) is 11.8. The van der Waals surface area contributed by atoms with Crippen LogP contribution in [0.1, 0.15) is 32.3 Å². The topological polar surface area (TPSA) is 40.5 Å². The molecule has 0 unspecified atom stereocenters. The van der Waals surface area contributed by atoms with Gasteiger partial charge in [0.05, 0.1) is 12.2 Å². The fourth-order valence-corrected chi connectivity index (χ4v) is 2.54. The van der Waals surface area contributed by atoms with E-state index < -0.39 is 5.60 Å². The predicted octanol–water partition coefficient (Wildman–Crippen LogP) is 2.82. The SMILES string of the molecule is CCC(O)(CC)CSc1ccc(CO)cc1. The van der Waals surface area contributed by atoms with Crippen LogP contribution in [0.3, 0.4) is 0 Å². The van der Waals surface area contributed by atoms with Crippen molar-refractivity contribution >= 4 is 11.8 Å². The van der Waals surface area contributed by atoms with Gasteiger partial charge in [0.25, 0.3) is 0 Å². The minimum absolute atomic E-state index is 0.0821. The van der Waals surface area contributed by atoms with Crippen molar-refractivity contribution in [3.63, 3.8) is 0 Å². The van der Waals surface area contributed by atoms with Gasteiger partial charge in [0, 0.05) is 10.6 Å². The largest absolute Gasteiger partial charge is 0.392 e. The van der Waals surface area contributed by atoms with Gasteiger partial charge in [0.2, 0.25) is 0 Å². The Balaban J connectivity index is 2.54. The van der Waals surface area contributed by atoms with Crippen LogP contribution >= 0.6 is 11.8 Å². The summed E-state index contributed by atoms with van der Waals surface area (Å²) < 4.78 is 0. The van der Waals surface area contributed by atoms with Gasteiger partial charge in [-0.2, -0.15) is 0 Å². The molecule has 0 amide bonds. The Bertz CT molecular complexity index is 304. The predicted molar refractivity (Wildman–Crippen MR) is 68.6 cm³/mol. The second kappa shape index (κ2) is 6.28. The molecule has 0 aliphatic rings. The van der Waals surface area contributed by atoms with Crippen LogP contribution < -0.4 is 0 Å². The molecule has 90 valence electrons. The fraction of sp³-hybridized carbons (Fsp3) is 0.538. The number of benzene rings is 1. The minimum atomic E-state index is -0.555. The van der Waals surface area contributed by atoms with E-state index in [-0.39, 0.29) is 6.61 Å². The van der Waals surface area contributed by atoms with E-state index in [1.807, 2.05) is 38.1 Å². The molecule has 0 aromatic heterocycles. The molecule has 3 heteroatoms. The summed E-state index contributed by atoms with van der Waals surface area (Å²) in [6.07, 6.45) is 1.57. The van der Waals surface area contributed by atoms with Crippen LogP contribution in [0.25, 0.3) is 0 Å². The van der Waals surface area contributed by atoms with Gasteiger partial charge in [-0.15, -0.1) is 11.8 Å². The zero-order valence-corrected chi connectivity index (χ0v) is 10.8. The van der Waals surface area contributed by atoms with Crippen LogP contribution in [0.2, 0.25) is 0 Å². The van der Waals surface area contributed by atoms with Gasteiger partial charge in [0.1, 0.15) is 0 Å². The smallest absolute Gasteiger partial charge is 0.0736 e. The highest BCUT2D eigenvalue weighted by molar-refractivity contribution is 7.99. The first-order valence-electron chi connectivity index (χ1n) is 5.68. The summed E-state index contributed by atoms with van der Waals surface area (Å²) in [6.45, 7) is 4.11. The van der Waals surface area contributed by atoms with Crippen LogP contribution in [-0.4, -0.2) is 21.6 Å². The number of rotatable bonds is 6. The fourth-order valence-electron chi connectivity index (χ4n) is 1.36. The number of aliphatic hydroxyl groups is 2. The van der Waals surface area contributed by atoms with Gasteiger partial charge < -0.3 is 10.2 Å². The zero-order chi connectivity index (χ0) is 12.0. The third-order valence-corrected chi connectivity index (χ3v) is 4.22. The van der Waals surface area contributed by atoms with Gasteiger partial charge in [0.15, 0.2) is 0 Å². The van der Waals surface area contributed by atoms with Crippen LogP contribution in [-0.2, 0) is 6.61 Å². The molecule has 0 heterocycles. The number of hydrogen-bond donors (Lipinski definition) is 2. The first-order valence-corrected chi connectivity index (χ1v) is 6.67. The lowest BCUT2D eigenvalue weighted by molar-refractivity contribution is 0.0572. The molecule has 0 aliphatic carbocycles. The molecule has 0 saturated heterocycles. The summed E-state index contributed by atoms with van der Waals surface area (Å²) in [4.78, 5) is 1.14. The Morgan fingerprint density at radius 2 is 1.69 bits per heavy atom. The maximum atomic E-state index is 10.1. The molecule has 1 aromatic rings. The van der Waals surface area contributed by atoms with Crippen molar-refractivity contribution in [1.82, 2.24) is 0 Å².